The van der Waals surface area contributed by atoms with Crippen LogP contribution in [-0.4, -0.2) is 35.9 Å². The molecular weight excluding hydrogens is 296 g/mol. The number of aryl methyl sites for hydroxylation is 1. The van der Waals surface area contributed by atoms with Crippen LogP contribution in [0.4, 0.5) is 0 Å². The molecule has 0 N–H and O–H groups in total. The fourth-order valence-corrected chi connectivity index (χ4v) is 3.33. The van der Waals surface area contributed by atoms with E-state index in [0.717, 1.165) is 47.2 Å². The lowest BCUT2D eigenvalue weighted by atomic mass is 10.0. The Balaban J connectivity index is 2.21. The quantitative estimate of drug-likeness (QED) is 0.626. The highest BCUT2D eigenvalue weighted by Gasteiger charge is 2.20. The van der Waals surface area contributed by atoms with Gasteiger partial charge in [-0.1, -0.05) is 48.5 Å². The van der Waals surface area contributed by atoms with Gasteiger partial charge < -0.3 is 9.47 Å². The van der Waals surface area contributed by atoms with Gasteiger partial charge in [0.05, 0.1) is 11.3 Å². The van der Waals surface area contributed by atoms with Gasteiger partial charge in [0.15, 0.2) is 5.78 Å². The van der Waals surface area contributed by atoms with Crippen molar-refractivity contribution in [3.63, 3.8) is 0 Å². The number of hydrogen-bond donors (Lipinski definition) is 0. The predicted octanol–water partition coefficient (Wildman–Crippen LogP) is 4.46. The molecule has 0 aliphatic rings. The van der Waals surface area contributed by atoms with E-state index in [1.807, 2.05) is 30.3 Å². The number of carbonyl (C=O) groups is 1. The van der Waals surface area contributed by atoms with Gasteiger partial charge in [-0.05, 0) is 45.6 Å². The second-order valence-corrected chi connectivity index (χ2v) is 6.47. The predicted molar refractivity (Wildman–Crippen MR) is 101 cm³/mol. The van der Waals surface area contributed by atoms with Crippen LogP contribution in [0.2, 0.25) is 0 Å². The smallest absolute Gasteiger partial charge is 0.162 e. The first kappa shape index (κ1) is 16.5. The molecule has 1 heterocycles. The van der Waals surface area contributed by atoms with Gasteiger partial charge in [0.2, 0.25) is 0 Å². The Morgan fingerprint density at radius 2 is 1.67 bits per heavy atom. The van der Waals surface area contributed by atoms with Crippen molar-refractivity contribution < 1.29 is 4.79 Å². The summed E-state index contributed by atoms with van der Waals surface area (Å²) < 4.78 is 2.31. The summed E-state index contributed by atoms with van der Waals surface area (Å²) in [5.74, 6) is 0.122. The van der Waals surface area contributed by atoms with Crippen molar-refractivity contribution in [2.45, 2.75) is 19.9 Å². The Hall–Kier alpha value is -2.39. The molecule has 3 aromatic rings. The minimum absolute atomic E-state index is 0.122. The van der Waals surface area contributed by atoms with E-state index < -0.39 is 0 Å². The summed E-state index contributed by atoms with van der Waals surface area (Å²) in [6.45, 7) is 3.59. The minimum Gasteiger partial charge on any atom is -0.340 e. The lowest BCUT2D eigenvalue weighted by molar-refractivity contribution is 0.101. The van der Waals surface area contributed by atoms with Gasteiger partial charge >= 0.3 is 0 Å². The van der Waals surface area contributed by atoms with E-state index in [2.05, 4.69) is 47.8 Å². The molecule has 0 saturated heterocycles. The Kier molecular flexibility index (Phi) is 4.81. The number of ketones is 1. The first-order chi connectivity index (χ1) is 11.6. The summed E-state index contributed by atoms with van der Waals surface area (Å²) in [5.41, 5.74) is 4.12. The number of nitrogens with zero attached hydrogens (tertiary/aromatic N) is 2. The number of aromatic nitrogens is 1. The van der Waals surface area contributed by atoms with Crippen molar-refractivity contribution in [3.05, 3.63) is 60.2 Å². The molecule has 0 atom stereocenters. The van der Waals surface area contributed by atoms with Crippen LogP contribution in [0.3, 0.4) is 0 Å². The molecule has 0 unspecified atom stereocenters. The zero-order chi connectivity index (χ0) is 17.1. The molecule has 124 valence electrons. The minimum atomic E-state index is 0.122. The van der Waals surface area contributed by atoms with Crippen LogP contribution in [0.1, 0.15) is 23.7 Å². The average molecular weight is 320 g/mol. The second kappa shape index (κ2) is 7.02. The van der Waals surface area contributed by atoms with E-state index in [9.17, 15) is 4.79 Å². The standard InChI is InChI=1S/C21H24N2O/c1-16(24)20-18-12-7-8-13-19(18)23(15-9-14-22(2)3)21(20)17-10-5-4-6-11-17/h4-8,10-13H,9,14-15H2,1-3H3. The van der Waals surface area contributed by atoms with Crippen molar-refractivity contribution in [1.29, 1.82) is 0 Å². The van der Waals surface area contributed by atoms with Gasteiger partial charge in [0.1, 0.15) is 0 Å². The zero-order valence-electron chi connectivity index (χ0n) is 14.6. The highest BCUT2D eigenvalue weighted by atomic mass is 16.1. The van der Waals surface area contributed by atoms with Crippen molar-refractivity contribution in [1.82, 2.24) is 9.47 Å². The molecule has 0 aliphatic heterocycles. The molecule has 0 spiro atoms. The molecule has 3 nitrogen and oxygen atoms in total. The molecular formula is C21H24N2O. The number of rotatable bonds is 6. The number of benzene rings is 2. The maximum atomic E-state index is 12.4. The van der Waals surface area contributed by atoms with Gasteiger partial charge in [-0.3, -0.25) is 4.79 Å². The maximum absolute atomic E-state index is 12.4. The summed E-state index contributed by atoms with van der Waals surface area (Å²) in [6, 6.07) is 18.5. The van der Waals surface area contributed by atoms with Gasteiger partial charge in [-0.25, -0.2) is 0 Å². The summed E-state index contributed by atoms with van der Waals surface area (Å²) in [4.78, 5) is 14.6. The molecule has 0 radical (unpaired) electrons. The van der Waals surface area contributed by atoms with E-state index in [1.54, 1.807) is 6.92 Å². The van der Waals surface area contributed by atoms with Crippen LogP contribution in [0.15, 0.2) is 54.6 Å². The lowest BCUT2D eigenvalue weighted by Gasteiger charge is -2.14. The molecule has 3 heteroatoms. The van der Waals surface area contributed by atoms with E-state index >= 15 is 0 Å². The maximum Gasteiger partial charge on any atom is 0.162 e. The van der Waals surface area contributed by atoms with Crippen LogP contribution >= 0.6 is 0 Å². The summed E-state index contributed by atoms with van der Waals surface area (Å²) in [7, 11) is 4.18. The summed E-state index contributed by atoms with van der Waals surface area (Å²) in [5, 5.41) is 1.05. The number of para-hydroxylation sites is 1. The third-order valence-electron chi connectivity index (χ3n) is 4.36. The number of hydrogen-bond acceptors (Lipinski definition) is 2. The van der Waals surface area contributed by atoms with Gasteiger partial charge in [-0.15, -0.1) is 0 Å². The molecule has 0 saturated carbocycles. The van der Waals surface area contributed by atoms with E-state index in [4.69, 9.17) is 0 Å². The highest BCUT2D eigenvalue weighted by Crippen LogP contribution is 2.34. The summed E-state index contributed by atoms with van der Waals surface area (Å²) in [6.07, 6.45) is 1.04. The Morgan fingerprint density at radius 3 is 2.33 bits per heavy atom. The fraction of sp³-hybridized carbons (Fsp3) is 0.286. The first-order valence-corrected chi connectivity index (χ1v) is 8.42. The lowest BCUT2D eigenvalue weighted by Crippen LogP contribution is -2.15. The zero-order valence-corrected chi connectivity index (χ0v) is 14.6. The molecule has 24 heavy (non-hydrogen) atoms. The van der Waals surface area contributed by atoms with Crippen LogP contribution in [0, 0.1) is 0 Å². The van der Waals surface area contributed by atoms with E-state index in [0.29, 0.717) is 0 Å². The topological polar surface area (TPSA) is 25.2 Å². The van der Waals surface area contributed by atoms with Crippen LogP contribution in [-0.2, 0) is 6.54 Å². The summed E-state index contributed by atoms with van der Waals surface area (Å²) >= 11 is 0. The fourth-order valence-electron chi connectivity index (χ4n) is 3.33. The van der Waals surface area contributed by atoms with Crippen LogP contribution in [0.25, 0.3) is 22.2 Å². The van der Waals surface area contributed by atoms with Gasteiger partial charge in [-0.2, -0.15) is 0 Å². The third-order valence-corrected chi connectivity index (χ3v) is 4.36. The molecule has 3 rings (SSSR count). The Bertz CT molecular complexity index is 847. The first-order valence-electron chi connectivity index (χ1n) is 8.42. The van der Waals surface area contributed by atoms with Crippen LogP contribution in [0.5, 0.6) is 0 Å². The van der Waals surface area contributed by atoms with Crippen molar-refractivity contribution >= 4 is 16.7 Å². The third kappa shape index (κ3) is 3.13. The molecule has 0 aliphatic carbocycles. The highest BCUT2D eigenvalue weighted by molar-refractivity contribution is 6.12. The van der Waals surface area contributed by atoms with E-state index in [1.165, 1.54) is 0 Å². The van der Waals surface area contributed by atoms with Crippen molar-refractivity contribution in [2.24, 2.45) is 0 Å². The van der Waals surface area contributed by atoms with Gasteiger partial charge in [0.25, 0.3) is 0 Å². The average Bonchev–Trinajstić information content (AvgIpc) is 2.90. The largest absolute Gasteiger partial charge is 0.340 e. The normalized spacial score (nSPS) is 11.3. The SMILES string of the molecule is CC(=O)c1c(-c2ccccc2)n(CCCN(C)C)c2ccccc12. The number of carbonyl (C=O) groups excluding carboxylic acids is 1. The Morgan fingerprint density at radius 1 is 1.00 bits per heavy atom. The van der Waals surface area contributed by atoms with Crippen molar-refractivity contribution in [3.8, 4) is 11.3 Å². The van der Waals surface area contributed by atoms with Gasteiger partial charge in [0, 0.05) is 17.4 Å². The molecule has 1 aromatic heterocycles. The molecule has 2 aromatic carbocycles. The number of fused-ring (bicyclic) bond motifs is 1. The second-order valence-electron chi connectivity index (χ2n) is 6.47. The number of Topliss-reactive ketones (excluding diaryl/α,β-unsaturated/α-hetero) is 1. The van der Waals surface area contributed by atoms with E-state index in [-0.39, 0.29) is 5.78 Å². The molecule has 0 bridgehead atoms. The van der Waals surface area contributed by atoms with Crippen LogP contribution < -0.4 is 0 Å². The molecule has 0 fully saturated rings. The molecule has 0 amide bonds. The monoisotopic (exact) mass is 320 g/mol. The Labute approximate surface area is 143 Å². The van der Waals surface area contributed by atoms with Crippen molar-refractivity contribution in [2.75, 3.05) is 20.6 Å².